The van der Waals surface area contributed by atoms with Gasteiger partial charge < -0.3 is 15.3 Å². The van der Waals surface area contributed by atoms with Crippen molar-refractivity contribution in [3.63, 3.8) is 0 Å². The zero-order chi connectivity index (χ0) is 12.5. The molecule has 1 atom stereocenters. The Hall–Kier alpha value is -1.07. The van der Waals surface area contributed by atoms with Gasteiger partial charge in [-0.25, -0.2) is 4.79 Å². The van der Waals surface area contributed by atoms with Gasteiger partial charge in [0.25, 0.3) is 0 Å². The average Bonchev–Trinajstić information content (AvgIpc) is 2.15. The standard InChI is InChI=1S/C11H13BrO4/c1-11(2,9(14)10(15)16)7-4-3-6(12)5-8(7)13/h3-5,9,13-14H,1-2H3,(H,15,16). The molecule has 1 rings (SSSR count). The minimum Gasteiger partial charge on any atom is -0.508 e. The van der Waals surface area contributed by atoms with Crippen LogP contribution in [0.5, 0.6) is 5.75 Å². The third kappa shape index (κ3) is 2.36. The summed E-state index contributed by atoms with van der Waals surface area (Å²) in [6.07, 6.45) is -1.57. The predicted octanol–water partition coefficient (Wildman–Crippen LogP) is 1.88. The van der Waals surface area contributed by atoms with E-state index in [4.69, 9.17) is 5.11 Å². The van der Waals surface area contributed by atoms with Crippen LogP contribution < -0.4 is 0 Å². The van der Waals surface area contributed by atoms with Crippen LogP contribution in [0.4, 0.5) is 0 Å². The van der Waals surface area contributed by atoms with Crippen LogP contribution in [0.3, 0.4) is 0 Å². The molecule has 0 saturated carbocycles. The molecule has 1 aromatic rings. The number of phenolic OH excluding ortho intramolecular Hbond substituents is 1. The Morgan fingerprint density at radius 3 is 2.44 bits per heavy atom. The first kappa shape index (κ1) is 13.0. The Morgan fingerprint density at radius 2 is 2.00 bits per heavy atom. The molecule has 16 heavy (non-hydrogen) atoms. The van der Waals surface area contributed by atoms with Gasteiger partial charge in [-0.05, 0) is 12.1 Å². The number of carboxylic acid groups (broad SMARTS) is 1. The average molecular weight is 289 g/mol. The molecule has 0 aliphatic carbocycles. The van der Waals surface area contributed by atoms with Gasteiger partial charge in [0.2, 0.25) is 0 Å². The van der Waals surface area contributed by atoms with E-state index in [-0.39, 0.29) is 5.75 Å². The summed E-state index contributed by atoms with van der Waals surface area (Å²) in [6, 6.07) is 4.74. The maximum atomic E-state index is 10.8. The highest BCUT2D eigenvalue weighted by Crippen LogP contribution is 2.35. The zero-order valence-corrected chi connectivity index (χ0v) is 10.5. The Labute approximate surface area is 102 Å². The van der Waals surface area contributed by atoms with E-state index in [2.05, 4.69) is 15.9 Å². The van der Waals surface area contributed by atoms with E-state index in [1.807, 2.05) is 0 Å². The summed E-state index contributed by atoms with van der Waals surface area (Å²) in [5.74, 6) is -1.35. The number of phenols is 1. The topological polar surface area (TPSA) is 77.8 Å². The number of halogens is 1. The second-order valence-corrected chi connectivity index (χ2v) is 5.04. The normalized spacial score (nSPS) is 13.5. The summed E-state index contributed by atoms with van der Waals surface area (Å²) in [7, 11) is 0. The van der Waals surface area contributed by atoms with Crippen molar-refractivity contribution in [1.29, 1.82) is 0 Å². The zero-order valence-electron chi connectivity index (χ0n) is 8.94. The van der Waals surface area contributed by atoms with Gasteiger partial charge in [-0.1, -0.05) is 35.8 Å². The molecule has 1 unspecified atom stereocenters. The van der Waals surface area contributed by atoms with Crippen molar-refractivity contribution in [2.24, 2.45) is 0 Å². The lowest BCUT2D eigenvalue weighted by Crippen LogP contribution is -2.39. The molecule has 3 N–H and O–H groups in total. The molecule has 0 fully saturated rings. The van der Waals surface area contributed by atoms with Crippen LogP contribution >= 0.6 is 15.9 Å². The van der Waals surface area contributed by atoms with Crippen LogP contribution in [0.25, 0.3) is 0 Å². The highest BCUT2D eigenvalue weighted by molar-refractivity contribution is 9.10. The van der Waals surface area contributed by atoms with Crippen LogP contribution in [0.1, 0.15) is 19.4 Å². The molecule has 0 bridgehead atoms. The lowest BCUT2D eigenvalue weighted by Gasteiger charge is -2.28. The van der Waals surface area contributed by atoms with E-state index in [0.29, 0.717) is 10.0 Å². The minimum absolute atomic E-state index is 0.0420. The number of aliphatic carboxylic acids is 1. The molecule has 1 aromatic carbocycles. The van der Waals surface area contributed by atoms with Crippen molar-refractivity contribution < 1.29 is 20.1 Å². The molecular weight excluding hydrogens is 276 g/mol. The van der Waals surface area contributed by atoms with Crippen molar-refractivity contribution in [3.05, 3.63) is 28.2 Å². The maximum Gasteiger partial charge on any atom is 0.333 e. The fourth-order valence-corrected chi connectivity index (χ4v) is 1.85. The molecule has 0 aliphatic heterocycles. The van der Waals surface area contributed by atoms with Gasteiger partial charge in [0.1, 0.15) is 5.75 Å². The summed E-state index contributed by atoms with van der Waals surface area (Å²) in [6.45, 7) is 3.13. The summed E-state index contributed by atoms with van der Waals surface area (Å²) < 4.78 is 0.689. The van der Waals surface area contributed by atoms with Gasteiger partial charge in [0, 0.05) is 15.5 Å². The lowest BCUT2D eigenvalue weighted by molar-refractivity contribution is -0.150. The minimum atomic E-state index is -1.57. The number of aromatic hydroxyl groups is 1. The van der Waals surface area contributed by atoms with E-state index < -0.39 is 17.5 Å². The molecule has 88 valence electrons. The van der Waals surface area contributed by atoms with Gasteiger partial charge in [-0.2, -0.15) is 0 Å². The molecule has 5 heteroatoms. The first-order valence-corrected chi connectivity index (χ1v) is 5.46. The summed E-state index contributed by atoms with van der Waals surface area (Å²) >= 11 is 3.19. The number of carbonyl (C=O) groups is 1. The van der Waals surface area contributed by atoms with Gasteiger partial charge >= 0.3 is 5.97 Å². The van der Waals surface area contributed by atoms with Crippen molar-refractivity contribution in [2.45, 2.75) is 25.4 Å². The first-order chi connectivity index (χ1) is 7.26. The fraction of sp³-hybridized carbons (Fsp3) is 0.364. The molecule has 0 heterocycles. The van der Waals surface area contributed by atoms with Crippen LogP contribution in [-0.4, -0.2) is 27.4 Å². The third-order valence-corrected chi connectivity index (χ3v) is 3.06. The molecule has 0 saturated heterocycles. The lowest BCUT2D eigenvalue weighted by atomic mass is 9.79. The molecule has 0 radical (unpaired) electrons. The second kappa shape index (κ2) is 4.43. The number of hydrogen-bond donors (Lipinski definition) is 3. The highest BCUT2D eigenvalue weighted by Gasteiger charge is 2.36. The van der Waals surface area contributed by atoms with Crippen LogP contribution in [0.15, 0.2) is 22.7 Å². The molecule has 0 aromatic heterocycles. The highest BCUT2D eigenvalue weighted by atomic mass is 79.9. The summed E-state index contributed by atoms with van der Waals surface area (Å²) in [4.78, 5) is 10.8. The smallest absolute Gasteiger partial charge is 0.333 e. The third-order valence-electron chi connectivity index (χ3n) is 2.57. The first-order valence-electron chi connectivity index (χ1n) is 4.66. The monoisotopic (exact) mass is 288 g/mol. The fourth-order valence-electron chi connectivity index (χ4n) is 1.51. The molecule has 0 amide bonds. The van der Waals surface area contributed by atoms with Gasteiger partial charge in [0.05, 0.1) is 0 Å². The number of rotatable bonds is 3. The van der Waals surface area contributed by atoms with Crippen LogP contribution in [0.2, 0.25) is 0 Å². The van der Waals surface area contributed by atoms with E-state index in [9.17, 15) is 15.0 Å². The Kier molecular flexibility index (Phi) is 3.60. The van der Waals surface area contributed by atoms with Gasteiger partial charge in [-0.3, -0.25) is 0 Å². The van der Waals surface area contributed by atoms with E-state index in [1.165, 1.54) is 6.07 Å². The summed E-state index contributed by atoms with van der Waals surface area (Å²) in [5.41, 5.74) is -0.665. The molecular formula is C11H13BrO4. The van der Waals surface area contributed by atoms with Crippen LogP contribution in [-0.2, 0) is 10.2 Å². The largest absolute Gasteiger partial charge is 0.508 e. The van der Waals surface area contributed by atoms with Crippen LogP contribution in [0, 0.1) is 0 Å². The molecule has 0 aliphatic rings. The number of aliphatic hydroxyl groups is 1. The number of carboxylic acids is 1. The quantitative estimate of drug-likeness (QED) is 0.794. The second-order valence-electron chi connectivity index (χ2n) is 4.12. The van der Waals surface area contributed by atoms with Crippen molar-refractivity contribution in [2.75, 3.05) is 0 Å². The van der Waals surface area contributed by atoms with E-state index >= 15 is 0 Å². The Balaban J connectivity index is 3.21. The SMILES string of the molecule is CC(C)(c1ccc(Br)cc1O)C(O)C(=O)O. The Morgan fingerprint density at radius 1 is 1.44 bits per heavy atom. The summed E-state index contributed by atoms with van der Waals surface area (Å²) in [5, 5.41) is 28.1. The van der Waals surface area contributed by atoms with E-state index in [1.54, 1.807) is 26.0 Å². The predicted molar refractivity (Wildman–Crippen MR) is 62.5 cm³/mol. The number of aliphatic hydroxyl groups excluding tert-OH is 1. The maximum absolute atomic E-state index is 10.8. The van der Waals surface area contributed by atoms with E-state index in [0.717, 1.165) is 0 Å². The molecule has 4 nitrogen and oxygen atoms in total. The number of hydrogen-bond acceptors (Lipinski definition) is 3. The number of benzene rings is 1. The molecule has 0 spiro atoms. The van der Waals surface area contributed by atoms with Gasteiger partial charge in [0.15, 0.2) is 6.10 Å². The van der Waals surface area contributed by atoms with Gasteiger partial charge in [-0.15, -0.1) is 0 Å². The van der Waals surface area contributed by atoms with Crippen molar-refractivity contribution in [1.82, 2.24) is 0 Å². The van der Waals surface area contributed by atoms with Crippen molar-refractivity contribution >= 4 is 21.9 Å². The Bertz CT molecular complexity index is 414. The van der Waals surface area contributed by atoms with Crippen molar-refractivity contribution in [3.8, 4) is 5.75 Å².